The molecule has 0 unspecified atom stereocenters. The van der Waals surface area contributed by atoms with Gasteiger partial charge in [0, 0.05) is 31.6 Å². The van der Waals surface area contributed by atoms with Crippen LogP contribution in [0.2, 0.25) is 0 Å². The van der Waals surface area contributed by atoms with Gasteiger partial charge in [-0.1, -0.05) is 30.3 Å². The minimum Gasteiger partial charge on any atom is -0.391 e. The van der Waals surface area contributed by atoms with Crippen LogP contribution < -0.4 is 10.6 Å². The molecule has 7 heteroatoms. The molecule has 7 nitrogen and oxygen atoms in total. The first kappa shape index (κ1) is 18.1. The quantitative estimate of drug-likeness (QED) is 0.664. The number of hydrogen-bond donors (Lipinski definition) is 3. The van der Waals surface area contributed by atoms with Crippen LogP contribution in [0.5, 0.6) is 0 Å². The van der Waals surface area contributed by atoms with Crippen LogP contribution in [0.1, 0.15) is 24.8 Å². The van der Waals surface area contributed by atoms with Crippen molar-refractivity contribution in [2.45, 2.75) is 37.5 Å². The number of carbonyl (C=O) groups is 3. The van der Waals surface area contributed by atoms with Gasteiger partial charge in [0.1, 0.15) is 6.04 Å². The number of rotatable bonds is 4. The lowest BCUT2D eigenvalue weighted by Gasteiger charge is -2.35. The number of piperidine rings is 1. The van der Waals surface area contributed by atoms with Crippen LogP contribution in [-0.4, -0.2) is 59.0 Å². The highest BCUT2D eigenvalue weighted by Crippen LogP contribution is 2.14. The van der Waals surface area contributed by atoms with Crippen molar-refractivity contribution in [3.63, 3.8) is 0 Å². The van der Waals surface area contributed by atoms with Crippen molar-refractivity contribution < 1.29 is 19.5 Å². The Bertz CT molecular complexity index is 704. The lowest BCUT2D eigenvalue weighted by molar-refractivity contribution is -0.132. The molecule has 3 amide bonds. The number of nitrogens with zero attached hydrogens (tertiary/aromatic N) is 1. The maximum Gasteiger partial charge on any atom is 0.246 e. The van der Waals surface area contributed by atoms with Crippen LogP contribution >= 0.6 is 0 Å². The summed E-state index contributed by atoms with van der Waals surface area (Å²) in [6, 6.07) is 8.62. The first-order chi connectivity index (χ1) is 12.5. The number of β-amino-alcohol motifs (C(OH)–C–C–N with tert-alkyl or cyclic N) is 1. The number of aliphatic hydroxyl groups is 1. The number of amides is 3. The van der Waals surface area contributed by atoms with Gasteiger partial charge < -0.3 is 20.6 Å². The molecule has 2 aliphatic heterocycles. The lowest BCUT2D eigenvalue weighted by atomic mass is 10.0. The minimum absolute atomic E-state index is 0.128. The number of hydrogen-bond acceptors (Lipinski definition) is 4. The summed E-state index contributed by atoms with van der Waals surface area (Å²) in [6.07, 6.45) is 3.72. The molecule has 2 fully saturated rings. The molecular formula is C19H23N3O4. The van der Waals surface area contributed by atoms with Gasteiger partial charge >= 0.3 is 0 Å². The zero-order chi connectivity index (χ0) is 18.5. The van der Waals surface area contributed by atoms with Crippen LogP contribution in [0.25, 0.3) is 6.08 Å². The Kier molecular flexibility index (Phi) is 5.68. The molecule has 0 aliphatic carbocycles. The topological polar surface area (TPSA) is 98.7 Å². The van der Waals surface area contributed by atoms with E-state index in [9.17, 15) is 19.5 Å². The van der Waals surface area contributed by atoms with Crippen molar-refractivity contribution in [2.75, 3.05) is 13.1 Å². The molecule has 0 saturated carbocycles. The second-order valence-corrected chi connectivity index (χ2v) is 6.74. The maximum atomic E-state index is 12.4. The van der Waals surface area contributed by atoms with E-state index in [1.54, 1.807) is 6.08 Å². The van der Waals surface area contributed by atoms with E-state index in [0.29, 0.717) is 25.8 Å². The van der Waals surface area contributed by atoms with E-state index in [-0.39, 0.29) is 30.3 Å². The Hall–Kier alpha value is -2.67. The number of aliphatic hydroxyl groups excluding tert-OH is 1. The Morgan fingerprint density at radius 1 is 1.23 bits per heavy atom. The first-order valence-corrected chi connectivity index (χ1v) is 8.81. The van der Waals surface area contributed by atoms with Crippen molar-refractivity contribution in [1.29, 1.82) is 0 Å². The largest absolute Gasteiger partial charge is 0.391 e. The predicted molar refractivity (Wildman–Crippen MR) is 95.8 cm³/mol. The molecule has 2 aliphatic rings. The van der Waals surface area contributed by atoms with Crippen molar-refractivity contribution >= 4 is 23.8 Å². The molecule has 3 N–H and O–H groups in total. The molecule has 3 atom stereocenters. The third-order valence-corrected chi connectivity index (χ3v) is 4.62. The summed E-state index contributed by atoms with van der Waals surface area (Å²) >= 11 is 0. The summed E-state index contributed by atoms with van der Waals surface area (Å²) in [7, 11) is 0. The smallest absolute Gasteiger partial charge is 0.246 e. The van der Waals surface area contributed by atoms with Gasteiger partial charge in [-0.3, -0.25) is 14.4 Å². The number of carbonyl (C=O) groups excluding carboxylic acids is 3. The number of likely N-dealkylation sites (tertiary alicyclic amines) is 1. The molecule has 1 aromatic rings. The standard InChI is InChI=1S/C19H23N3O4/c23-15-10-14(20-19(26)16-7-8-17(24)21-16)11-22(12-15)18(25)9-6-13-4-2-1-3-5-13/h1-6,9,14-16,23H,7-8,10-12H2,(H,20,26)(H,21,24)/t14-,15+,16+/m0/s1. The summed E-state index contributed by atoms with van der Waals surface area (Å²) in [4.78, 5) is 37.4. The van der Waals surface area contributed by atoms with Crippen molar-refractivity contribution in [3.8, 4) is 0 Å². The molecule has 0 aromatic heterocycles. The highest BCUT2D eigenvalue weighted by molar-refractivity contribution is 5.92. The van der Waals surface area contributed by atoms with Crippen molar-refractivity contribution in [3.05, 3.63) is 42.0 Å². The van der Waals surface area contributed by atoms with E-state index in [2.05, 4.69) is 10.6 Å². The Morgan fingerprint density at radius 3 is 2.69 bits per heavy atom. The molecule has 0 radical (unpaired) electrons. The highest BCUT2D eigenvalue weighted by atomic mass is 16.3. The fourth-order valence-corrected chi connectivity index (χ4v) is 3.31. The van der Waals surface area contributed by atoms with Gasteiger partial charge in [0.25, 0.3) is 0 Å². The van der Waals surface area contributed by atoms with E-state index in [1.165, 1.54) is 11.0 Å². The molecule has 2 saturated heterocycles. The average Bonchev–Trinajstić information content (AvgIpc) is 3.06. The third-order valence-electron chi connectivity index (χ3n) is 4.62. The predicted octanol–water partition coefficient (Wildman–Crippen LogP) is 0.0564. The Balaban J connectivity index is 1.57. The second kappa shape index (κ2) is 8.14. The van der Waals surface area contributed by atoms with Gasteiger partial charge in [0.2, 0.25) is 17.7 Å². The fraction of sp³-hybridized carbons (Fsp3) is 0.421. The van der Waals surface area contributed by atoms with Gasteiger partial charge in [-0.05, 0) is 24.5 Å². The van der Waals surface area contributed by atoms with Gasteiger partial charge in [-0.25, -0.2) is 0 Å². The summed E-state index contributed by atoms with van der Waals surface area (Å²) < 4.78 is 0. The van der Waals surface area contributed by atoms with Crippen LogP contribution in [0.4, 0.5) is 0 Å². The average molecular weight is 357 g/mol. The van der Waals surface area contributed by atoms with E-state index < -0.39 is 12.1 Å². The summed E-state index contributed by atoms with van der Waals surface area (Å²) in [5.74, 6) is -0.597. The normalized spacial score (nSPS) is 26.0. The Morgan fingerprint density at radius 2 is 2.00 bits per heavy atom. The summed E-state index contributed by atoms with van der Waals surface area (Å²) in [5, 5.41) is 15.5. The molecule has 26 heavy (non-hydrogen) atoms. The van der Waals surface area contributed by atoms with Gasteiger partial charge in [-0.2, -0.15) is 0 Å². The van der Waals surface area contributed by atoms with E-state index in [4.69, 9.17) is 0 Å². The molecule has 3 rings (SSSR count). The second-order valence-electron chi connectivity index (χ2n) is 6.74. The molecule has 138 valence electrons. The fourth-order valence-electron chi connectivity index (χ4n) is 3.31. The zero-order valence-corrected chi connectivity index (χ0v) is 14.4. The molecule has 0 spiro atoms. The van der Waals surface area contributed by atoms with Crippen molar-refractivity contribution in [2.24, 2.45) is 0 Å². The molecule has 2 heterocycles. The highest BCUT2D eigenvalue weighted by Gasteiger charge is 2.32. The van der Waals surface area contributed by atoms with Crippen LogP contribution in [0, 0.1) is 0 Å². The summed E-state index contributed by atoms with van der Waals surface area (Å²) in [6.45, 7) is 0.575. The summed E-state index contributed by atoms with van der Waals surface area (Å²) in [5.41, 5.74) is 0.917. The monoisotopic (exact) mass is 357 g/mol. The number of benzene rings is 1. The van der Waals surface area contributed by atoms with Gasteiger partial charge in [0.05, 0.1) is 6.10 Å². The zero-order valence-electron chi connectivity index (χ0n) is 14.4. The first-order valence-electron chi connectivity index (χ1n) is 8.81. The van der Waals surface area contributed by atoms with Crippen LogP contribution in [0.3, 0.4) is 0 Å². The van der Waals surface area contributed by atoms with E-state index >= 15 is 0 Å². The third kappa shape index (κ3) is 4.70. The lowest BCUT2D eigenvalue weighted by Crippen LogP contribution is -2.56. The van der Waals surface area contributed by atoms with Crippen LogP contribution in [0.15, 0.2) is 36.4 Å². The van der Waals surface area contributed by atoms with Gasteiger partial charge in [0.15, 0.2) is 0 Å². The molecular weight excluding hydrogens is 334 g/mol. The van der Waals surface area contributed by atoms with Crippen LogP contribution in [-0.2, 0) is 14.4 Å². The number of nitrogens with one attached hydrogen (secondary N) is 2. The van der Waals surface area contributed by atoms with Crippen molar-refractivity contribution in [1.82, 2.24) is 15.5 Å². The Labute approximate surface area is 152 Å². The SMILES string of the molecule is O=C1CC[C@H](C(=O)N[C@H]2C[C@@H](O)CN(C(=O)C=Cc3ccccc3)C2)N1. The molecule has 0 bridgehead atoms. The minimum atomic E-state index is -0.693. The molecule has 1 aromatic carbocycles. The van der Waals surface area contributed by atoms with E-state index in [1.807, 2.05) is 30.3 Å². The maximum absolute atomic E-state index is 12.4. The van der Waals surface area contributed by atoms with E-state index in [0.717, 1.165) is 5.56 Å². The van der Waals surface area contributed by atoms with Gasteiger partial charge in [-0.15, -0.1) is 0 Å².